The van der Waals surface area contributed by atoms with Crippen LogP contribution in [0.15, 0.2) is 12.1 Å². The first-order valence-electron chi connectivity index (χ1n) is 7.59. The summed E-state index contributed by atoms with van der Waals surface area (Å²) in [5.41, 5.74) is 0. The Kier molecular flexibility index (Phi) is 5.73. The highest BCUT2D eigenvalue weighted by atomic mass is 32.1. The molecule has 1 aromatic rings. The number of hydrogen-bond donors (Lipinski definition) is 2. The minimum Gasteiger partial charge on any atom is -0.388 e. The highest BCUT2D eigenvalue weighted by Gasteiger charge is 2.35. The number of aliphatic hydroxyl groups excluding tert-OH is 1. The van der Waals surface area contributed by atoms with Gasteiger partial charge in [0, 0.05) is 35.9 Å². The van der Waals surface area contributed by atoms with Crippen LogP contribution < -0.4 is 5.32 Å². The number of amides is 4. The SMILES string of the molecule is CCN1CCN(C(=O)NCCc2ccc([C@@H](C)O)s2)C(=O)C1=O. The maximum absolute atomic E-state index is 12.0. The molecule has 8 heteroatoms. The number of imide groups is 1. The van der Waals surface area contributed by atoms with Crippen LogP contribution in [0.3, 0.4) is 0 Å². The molecule has 0 radical (unpaired) electrons. The molecule has 0 bridgehead atoms. The van der Waals surface area contributed by atoms with E-state index < -0.39 is 23.9 Å². The van der Waals surface area contributed by atoms with Crippen molar-refractivity contribution in [3.63, 3.8) is 0 Å². The molecular weight excluding hydrogens is 318 g/mol. The van der Waals surface area contributed by atoms with Gasteiger partial charge in [0.25, 0.3) is 0 Å². The van der Waals surface area contributed by atoms with Crippen LogP contribution in [0, 0.1) is 0 Å². The fraction of sp³-hybridized carbons (Fsp3) is 0.533. The largest absolute Gasteiger partial charge is 0.388 e. The second-order valence-corrected chi connectivity index (χ2v) is 6.50. The average molecular weight is 339 g/mol. The van der Waals surface area contributed by atoms with E-state index in [1.54, 1.807) is 13.8 Å². The van der Waals surface area contributed by atoms with Crippen molar-refractivity contribution in [2.75, 3.05) is 26.2 Å². The van der Waals surface area contributed by atoms with Crippen molar-refractivity contribution in [3.8, 4) is 0 Å². The van der Waals surface area contributed by atoms with Crippen LogP contribution >= 0.6 is 11.3 Å². The van der Waals surface area contributed by atoms with Gasteiger partial charge in [-0.25, -0.2) is 4.79 Å². The monoisotopic (exact) mass is 339 g/mol. The fourth-order valence-corrected chi connectivity index (χ4v) is 3.26. The number of carbonyl (C=O) groups excluding carboxylic acids is 3. The summed E-state index contributed by atoms with van der Waals surface area (Å²) in [5.74, 6) is -1.41. The molecule has 2 N–H and O–H groups in total. The van der Waals surface area contributed by atoms with Gasteiger partial charge in [0.05, 0.1) is 6.10 Å². The summed E-state index contributed by atoms with van der Waals surface area (Å²) in [6, 6.07) is 3.23. The molecule has 126 valence electrons. The van der Waals surface area contributed by atoms with E-state index in [2.05, 4.69) is 5.32 Å². The summed E-state index contributed by atoms with van der Waals surface area (Å²) in [7, 11) is 0. The van der Waals surface area contributed by atoms with E-state index >= 15 is 0 Å². The normalized spacial score (nSPS) is 16.7. The summed E-state index contributed by atoms with van der Waals surface area (Å²) in [5, 5.41) is 12.1. The Labute approximate surface area is 138 Å². The van der Waals surface area contributed by atoms with Gasteiger partial charge in [-0.15, -0.1) is 11.3 Å². The maximum Gasteiger partial charge on any atom is 0.324 e. The van der Waals surface area contributed by atoms with Crippen LogP contribution in [0.4, 0.5) is 4.79 Å². The number of aliphatic hydroxyl groups is 1. The molecule has 1 atom stereocenters. The third-order valence-electron chi connectivity index (χ3n) is 3.68. The third kappa shape index (κ3) is 4.08. The zero-order valence-electron chi connectivity index (χ0n) is 13.2. The first kappa shape index (κ1) is 17.4. The molecule has 0 aliphatic carbocycles. The van der Waals surface area contributed by atoms with Crippen LogP contribution in [0.25, 0.3) is 0 Å². The molecule has 7 nitrogen and oxygen atoms in total. The van der Waals surface area contributed by atoms with E-state index in [-0.39, 0.29) is 6.54 Å². The predicted molar refractivity (Wildman–Crippen MR) is 86.0 cm³/mol. The number of nitrogens with zero attached hydrogens (tertiary/aromatic N) is 2. The standard InChI is InChI=1S/C15H21N3O4S/c1-3-17-8-9-18(14(21)13(17)20)15(22)16-7-6-11-4-5-12(23-11)10(2)19/h4-5,10,19H,3,6-9H2,1-2H3,(H,16,22)/t10-/m1/s1. The van der Waals surface area contributed by atoms with E-state index in [1.165, 1.54) is 16.2 Å². The van der Waals surface area contributed by atoms with Crippen LogP contribution in [-0.4, -0.2) is 58.9 Å². The lowest BCUT2D eigenvalue weighted by molar-refractivity contribution is -0.153. The van der Waals surface area contributed by atoms with E-state index in [0.29, 0.717) is 26.1 Å². The summed E-state index contributed by atoms with van der Waals surface area (Å²) >= 11 is 1.49. The zero-order valence-corrected chi connectivity index (χ0v) is 14.1. The van der Waals surface area contributed by atoms with Crippen LogP contribution in [0.5, 0.6) is 0 Å². The molecular formula is C15H21N3O4S. The van der Waals surface area contributed by atoms with Crippen molar-refractivity contribution >= 4 is 29.2 Å². The Hall–Kier alpha value is -1.93. The zero-order chi connectivity index (χ0) is 17.0. The van der Waals surface area contributed by atoms with E-state index in [9.17, 15) is 19.5 Å². The predicted octanol–water partition coefficient (Wildman–Crippen LogP) is 0.744. The van der Waals surface area contributed by atoms with E-state index in [1.807, 2.05) is 12.1 Å². The van der Waals surface area contributed by atoms with Crippen LogP contribution in [-0.2, 0) is 16.0 Å². The first-order chi connectivity index (χ1) is 10.9. The van der Waals surface area contributed by atoms with Crippen molar-refractivity contribution < 1.29 is 19.5 Å². The van der Waals surface area contributed by atoms with Gasteiger partial charge in [-0.1, -0.05) is 0 Å². The first-order valence-corrected chi connectivity index (χ1v) is 8.41. The molecule has 0 saturated carbocycles. The maximum atomic E-state index is 12.0. The van der Waals surface area contributed by atoms with Gasteiger partial charge in [0.2, 0.25) is 0 Å². The highest BCUT2D eigenvalue weighted by molar-refractivity contribution is 7.12. The van der Waals surface area contributed by atoms with Gasteiger partial charge < -0.3 is 15.3 Å². The minimum absolute atomic E-state index is 0.218. The van der Waals surface area contributed by atoms with Gasteiger partial charge in [-0.3, -0.25) is 14.5 Å². The van der Waals surface area contributed by atoms with E-state index in [0.717, 1.165) is 14.7 Å². The Morgan fingerprint density at radius 3 is 2.70 bits per heavy atom. The molecule has 0 aromatic carbocycles. The number of nitrogens with one attached hydrogen (secondary N) is 1. The van der Waals surface area contributed by atoms with Crippen molar-refractivity contribution in [1.29, 1.82) is 0 Å². The Bertz CT molecular complexity index is 599. The number of carbonyl (C=O) groups is 3. The van der Waals surface area contributed by atoms with Crippen LogP contribution in [0.2, 0.25) is 0 Å². The molecule has 2 heterocycles. The van der Waals surface area contributed by atoms with Crippen molar-refractivity contribution in [3.05, 3.63) is 21.9 Å². The third-order valence-corrected chi connectivity index (χ3v) is 4.99. The molecule has 1 aliphatic heterocycles. The van der Waals surface area contributed by atoms with Gasteiger partial charge in [-0.05, 0) is 32.4 Å². The quantitative estimate of drug-likeness (QED) is 0.775. The van der Waals surface area contributed by atoms with Crippen LogP contribution in [0.1, 0.15) is 29.7 Å². The Morgan fingerprint density at radius 2 is 2.09 bits per heavy atom. The molecule has 1 saturated heterocycles. The topological polar surface area (TPSA) is 89.9 Å². The summed E-state index contributed by atoms with van der Waals surface area (Å²) in [6.45, 7) is 4.92. The molecule has 0 unspecified atom stereocenters. The summed E-state index contributed by atoms with van der Waals surface area (Å²) < 4.78 is 0. The average Bonchev–Trinajstić information content (AvgIpc) is 2.99. The Balaban J connectivity index is 1.82. The van der Waals surface area contributed by atoms with Gasteiger partial charge in [0.15, 0.2) is 0 Å². The minimum atomic E-state index is -0.775. The molecule has 0 spiro atoms. The Morgan fingerprint density at radius 1 is 1.35 bits per heavy atom. The number of hydrogen-bond acceptors (Lipinski definition) is 5. The molecule has 1 aromatic heterocycles. The second kappa shape index (κ2) is 7.56. The molecule has 1 fully saturated rings. The molecule has 4 amide bonds. The lowest BCUT2D eigenvalue weighted by Gasteiger charge is -2.31. The fourth-order valence-electron chi connectivity index (χ4n) is 2.31. The summed E-state index contributed by atoms with van der Waals surface area (Å²) in [4.78, 5) is 40.0. The lowest BCUT2D eigenvalue weighted by atomic mass is 10.3. The van der Waals surface area contributed by atoms with Gasteiger partial charge >= 0.3 is 17.8 Å². The smallest absolute Gasteiger partial charge is 0.324 e. The van der Waals surface area contributed by atoms with Crippen molar-refractivity contribution in [1.82, 2.24) is 15.1 Å². The lowest BCUT2D eigenvalue weighted by Crippen LogP contribution is -2.58. The highest BCUT2D eigenvalue weighted by Crippen LogP contribution is 2.22. The van der Waals surface area contributed by atoms with Crippen molar-refractivity contribution in [2.24, 2.45) is 0 Å². The number of urea groups is 1. The van der Waals surface area contributed by atoms with Crippen molar-refractivity contribution in [2.45, 2.75) is 26.4 Å². The number of likely N-dealkylation sites (N-methyl/N-ethyl adjacent to an activating group) is 1. The van der Waals surface area contributed by atoms with Gasteiger partial charge in [-0.2, -0.15) is 0 Å². The second-order valence-electron chi connectivity index (χ2n) is 5.30. The number of thiophene rings is 1. The molecule has 1 aliphatic rings. The van der Waals surface area contributed by atoms with E-state index in [4.69, 9.17) is 0 Å². The van der Waals surface area contributed by atoms with Gasteiger partial charge in [0.1, 0.15) is 0 Å². The number of piperazine rings is 1. The molecule has 23 heavy (non-hydrogen) atoms. The summed E-state index contributed by atoms with van der Waals surface area (Å²) in [6.07, 6.45) is 0.113. The molecule has 2 rings (SSSR count). The number of rotatable bonds is 5.